The van der Waals surface area contributed by atoms with Crippen LogP contribution in [0, 0.1) is 6.92 Å². The fourth-order valence-electron chi connectivity index (χ4n) is 1.57. The molecule has 0 aliphatic rings. The van der Waals surface area contributed by atoms with Crippen molar-refractivity contribution in [3.8, 4) is 11.3 Å². The predicted molar refractivity (Wildman–Crippen MR) is 59.0 cm³/mol. The molecule has 0 saturated heterocycles. The molecule has 0 atom stereocenters. The Morgan fingerprint density at radius 3 is 3.06 bits per heavy atom. The lowest BCUT2D eigenvalue weighted by molar-refractivity contribution is -0.137. The van der Waals surface area contributed by atoms with E-state index in [9.17, 15) is 4.79 Å². The number of nitrogens with one attached hydrogen (secondary N) is 1. The van der Waals surface area contributed by atoms with Crippen molar-refractivity contribution in [1.82, 2.24) is 14.5 Å². The van der Waals surface area contributed by atoms with Gasteiger partial charge in [0.05, 0.1) is 12.1 Å². The minimum absolute atomic E-state index is 0.115. The number of aryl methyl sites for hydroxylation is 2. The Morgan fingerprint density at radius 1 is 1.62 bits per heavy atom. The number of aromatic nitrogens is 3. The van der Waals surface area contributed by atoms with Crippen LogP contribution in [0.25, 0.3) is 11.3 Å². The van der Waals surface area contributed by atoms with Crippen LogP contribution in [0.5, 0.6) is 0 Å². The van der Waals surface area contributed by atoms with E-state index in [0.717, 1.165) is 17.1 Å². The summed E-state index contributed by atoms with van der Waals surface area (Å²) in [5.41, 5.74) is 1.88. The predicted octanol–water partition coefficient (Wildman–Crippen LogP) is 1.66. The summed E-state index contributed by atoms with van der Waals surface area (Å²) in [6, 6.07) is 1.93. The Hall–Kier alpha value is -2.04. The number of carboxylic acids is 1. The highest BCUT2D eigenvalue weighted by Crippen LogP contribution is 2.17. The first kappa shape index (κ1) is 10.5. The lowest BCUT2D eigenvalue weighted by Gasteiger charge is -2.00. The van der Waals surface area contributed by atoms with Crippen molar-refractivity contribution in [1.29, 1.82) is 0 Å². The summed E-state index contributed by atoms with van der Waals surface area (Å²) in [4.78, 5) is 17.8. The fraction of sp³-hybridized carbons (Fsp3) is 0.273. The molecule has 0 unspecified atom stereocenters. The highest BCUT2D eigenvalue weighted by Gasteiger charge is 2.07. The van der Waals surface area contributed by atoms with Crippen molar-refractivity contribution >= 4 is 5.97 Å². The molecule has 0 spiro atoms. The number of rotatable bonds is 4. The van der Waals surface area contributed by atoms with Gasteiger partial charge in [-0.25, -0.2) is 4.98 Å². The molecule has 0 aliphatic carbocycles. The highest BCUT2D eigenvalue weighted by molar-refractivity contribution is 5.66. The minimum atomic E-state index is -0.795. The number of aliphatic carboxylic acids is 1. The van der Waals surface area contributed by atoms with Crippen LogP contribution in [-0.2, 0) is 11.3 Å². The van der Waals surface area contributed by atoms with Crippen LogP contribution in [0.4, 0.5) is 0 Å². The van der Waals surface area contributed by atoms with E-state index >= 15 is 0 Å². The molecule has 0 saturated carbocycles. The monoisotopic (exact) mass is 219 g/mol. The summed E-state index contributed by atoms with van der Waals surface area (Å²) in [6.45, 7) is 2.33. The quantitative estimate of drug-likeness (QED) is 0.821. The van der Waals surface area contributed by atoms with Gasteiger partial charge in [0.2, 0.25) is 0 Å². The van der Waals surface area contributed by atoms with E-state index in [4.69, 9.17) is 5.11 Å². The average Bonchev–Trinajstić information content (AvgIpc) is 2.83. The molecule has 5 heteroatoms. The second-order valence-electron chi connectivity index (χ2n) is 3.61. The van der Waals surface area contributed by atoms with E-state index in [1.807, 2.05) is 36.1 Å². The van der Waals surface area contributed by atoms with E-state index in [-0.39, 0.29) is 6.42 Å². The second-order valence-corrected chi connectivity index (χ2v) is 3.61. The zero-order valence-electron chi connectivity index (χ0n) is 8.97. The molecule has 0 bridgehead atoms. The first-order valence-electron chi connectivity index (χ1n) is 5.05. The molecule has 2 rings (SSSR count). The number of hydrogen-bond acceptors (Lipinski definition) is 2. The van der Waals surface area contributed by atoms with Crippen LogP contribution in [0.3, 0.4) is 0 Å². The third-order valence-corrected chi connectivity index (χ3v) is 2.44. The molecule has 0 fully saturated rings. The number of aromatic amines is 1. The Kier molecular flexibility index (Phi) is 2.76. The number of hydrogen-bond donors (Lipinski definition) is 2. The number of carboxylic acid groups (broad SMARTS) is 1. The standard InChI is InChI=1S/C11H13N3O2/c1-8-13-10(9-2-4-12-6-9)7-14(8)5-3-11(15)16/h2,4,6-7,12H,3,5H2,1H3,(H,15,16). The minimum Gasteiger partial charge on any atom is -0.481 e. The first-order chi connectivity index (χ1) is 7.66. The van der Waals surface area contributed by atoms with Gasteiger partial charge in [-0.3, -0.25) is 4.79 Å². The maximum Gasteiger partial charge on any atom is 0.305 e. The van der Waals surface area contributed by atoms with Gasteiger partial charge >= 0.3 is 5.97 Å². The Bertz CT molecular complexity index is 485. The maximum absolute atomic E-state index is 10.5. The van der Waals surface area contributed by atoms with Crippen molar-refractivity contribution in [2.75, 3.05) is 0 Å². The molecule has 0 amide bonds. The normalized spacial score (nSPS) is 10.6. The van der Waals surface area contributed by atoms with Gasteiger partial charge in [-0.05, 0) is 13.0 Å². The molecule has 2 aromatic rings. The van der Waals surface area contributed by atoms with E-state index in [1.54, 1.807) is 0 Å². The first-order valence-corrected chi connectivity index (χ1v) is 5.05. The van der Waals surface area contributed by atoms with Crippen LogP contribution in [-0.4, -0.2) is 25.6 Å². The van der Waals surface area contributed by atoms with E-state index in [0.29, 0.717) is 6.54 Å². The number of imidazole rings is 1. The van der Waals surface area contributed by atoms with Gasteiger partial charge in [-0.2, -0.15) is 0 Å². The Balaban J connectivity index is 2.19. The van der Waals surface area contributed by atoms with Crippen LogP contribution in [0.1, 0.15) is 12.2 Å². The topological polar surface area (TPSA) is 70.9 Å². The van der Waals surface area contributed by atoms with Crippen LogP contribution < -0.4 is 0 Å². The average molecular weight is 219 g/mol. The largest absolute Gasteiger partial charge is 0.481 e. The third kappa shape index (κ3) is 2.13. The van der Waals surface area contributed by atoms with Crippen LogP contribution in [0.15, 0.2) is 24.7 Å². The molecule has 84 valence electrons. The summed E-state index contributed by atoms with van der Waals surface area (Å²) in [6.07, 6.45) is 5.69. The molecule has 0 aromatic carbocycles. The van der Waals surface area contributed by atoms with E-state index in [2.05, 4.69) is 9.97 Å². The van der Waals surface area contributed by atoms with Crippen molar-refractivity contribution in [3.63, 3.8) is 0 Å². The lowest BCUT2D eigenvalue weighted by atomic mass is 10.3. The van der Waals surface area contributed by atoms with E-state index < -0.39 is 5.97 Å². The van der Waals surface area contributed by atoms with Crippen molar-refractivity contribution in [2.24, 2.45) is 0 Å². The summed E-state index contributed by atoms with van der Waals surface area (Å²) < 4.78 is 1.86. The van der Waals surface area contributed by atoms with Gasteiger partial charge in [0.1, 0.15) is 5.82 Å². The zero-order valence-corrected chi connectivity index (χ0v) is 8.97. The number of H-pyrrole nitrogens is 1. The molecular weight excluding hydrogens is 206 g/mol. The van der Waals surface area contributed by atoms with Gasteiger partial charge < -0.3 is 14.7 Å². The molecule has 0 aliphatic heterocycles. The second kappa shape index (κ2) is 4.22. The zero-order chi connectivity index (χ0) is 11.5. The summed E-state index contributed by atoms with van der Waals surface area (Å²) in [5.74, 6) is 0.0359. The van der Waals surface area contributed by atoms with Crippen molar-refractivity contribution in [2.45, 2.75) is 19.9 Å². The fourth-order valence-corrected chi connectivity index (χ4v) is 1.57. The van der Waals surface area contributed by atoms with Crippen LogP contribution in [0.2, 0.25) is 0 Å². The summed E-state index contributed by atoms with van der Waals surface area (Å²) in [5, 5.41) is 8.62. The Labute approximate surface area is 92.8 Å². The van der Waals surface area contributed by atoms with Gasteiger partial charge in [0.15, 0.2) is 0 Å². The summed E-state index contributed by atoms with van der Waals surface area (Å²) >= 11 is 0. The molecule has 2 heterocycles. The van der Waals surface area contributed by atoms with Crippen molar-refractivity contribution < 1.29 is 9.90 Å². The molecular formula is C11H13N3O2. The molecule has 0 radical (unpaired) electrons. The molecule has 5 nitrogen and oxygen atoms in total. The SMILES string of the molecule is Cc1nc(-c2cc[nH]c2)cn1CCC(=O)O. The number of carbonyl (C=O) groups is 1. The van der Waals surface area contributed by atoms with Crippen molar-refractivity contribution in [3.05, 3.63) is 30.5 Å². The number of nitrogens with zero attached hydrogens (tertiary/aromatic N) is 2. The maximum atomic E-state index is 10.5. The molecule has 16 heavy (non-hydrogen) atoms. The highest BCUT2D eigenvalue weighted by atomic mass is 16.4. The van der Waals surface area contributed by atoms with Gasteiger partial charge in [0, 0.05) is 30.7 Å². The third-order valence-electron chi connectivity index (χ3n) is 2.44. The Morgan fingerprint density at radius 2 is 2.44 bits per heavy atom. The van der Waals surface area contributed by atoms with Gasteiger partial charge in [-0.1, -0.05) is 0 Å². The smallest absolute Gasteiger partial charge is 0.305 e. The molecule has 2 aromatic heterocycles. The summed E-state index contributed by atoms with van der Waals surface area (Å²) in [7, 11) is 0. The van der Waals surface area contributed by atoms with E-state index in [1.165, 1.54) is 0 Å². The lowest BCUT2D eigenvalue weighted by Crippen LogP contribution is -2.04. The van der Waals surface area contributed by atoms with Gasteiger partial charge in [0.25, 0.3) is 0 Å². The van der Waals surface area contributed by atoms with Gasteiger partial charge in [-0.15, -0.1) is 0 Å². The van der Waals surface area contributed by atoms with Crippen LogP contribution >= 0.6 is 0 Å². The molecule has 2 N–H and O–H groups in total.